The molecule has 8 atom stereocenters. The van der Waals surface area contributed by atoms with Gasteiger partial charge in [-0.2, -0.15) is 0 Å². The van der Waals surface area contributed by atoms with Gasteiger partial charge in [0, 0.05) is 39.6 Å². The number of fused-ring (bicyclic) bond motifs is 2. The largest absolute Gasteiger partial charge is 0.393 e. The average molecular weight is 783 g/mol. The molecule has 6 heteroatoms. The summed E-state index contributed by atoms with van der Waals surface area (Å²) < 4.78 is 0. The highest BCUT2D eigenvalue weighted by atomic mass is 16.3. The first kappa shape index (κ1) is 37.9. The number of allylic oxidation sites excluding steroid dienone is 4. The van der Waals surface area contributed by atoms with Crippen LogP contribution in [0.3, 0.4) is 0 Å². The minimum Gasteiger partial charge on any atom is -0.393 e. The van der Waals surface area contributed by atoms with E-state index in [1.165, 1.54) is 0 Å². The molecule has 3 saturated carbocycles. The SMILES string of the molecule is C[C@]12CC[C@H]3[C@]4(C=C[C@@]5(C=C4C(=O)c4ccccc4-c4ccccc4)CC(O)CC[C@]35C)[C@@H]1CC[C@@]2(O)CN(Cc1cccc2ccccc12)C(=O)Nc1ccccc1. The number of hydrogen-bond donors (Lipinski definition) is 3. The third kappa shape index (κ3) is 5.66. The second-order valence-corrected chi connectivity index (χ2v) is 18.8. The molecule has 0 aromatic heterocycles. The van der Waals surface area contributed by atoms with Crippen LogP contribution in [0, 0.1) is 33.5 Å². The molecule has 11 rings (SSSR count). The first-order chi connectivity index (χ1) is 28.5. The van der Waals surface area contributed by atoms with E-state index in [4.69, 9.17) is 0 Å². The van der Waals surface area contributed by atoms with Gasteiger partial charge in [-0.1, -0.05) is 147 Å². The topological polar surface area (TPSA) is 89.9 Å². The second-order valence-electron chi connectivity index (χ2n) is 18.8. The van der Waals surface area contributed by atoms with E-state index in [1.54, 1.807) is 0 Å². The van der Waals surface area contributed by atoms with Crippen molar-refractivity contribution in [1.29, 1.82) is 0 Å². The van der Waals surface area contributed by atoms with Gasteiger partial charge in [-0.05, 0) is 102 Å². The predicted molar refractivity (Wildman–Crippen MR) is 235 cm³/mol. The smallest absolute Gasteiger partial charge is 0.322 e. The summed E-state index contributed by atoms with van der Waals surface area (Å²) in [6, 6.07) is 41.9. The number of aliphatic hydroxyl groups excluding tert-OH is 1. The normalized spacial score (nSPS) is 32.7. The first-order valence-corrected chi connectivity index (χ1v) is 21.6. The van der Waals surface area contributed by atoms with Crippen molar-refractivity contribution >= 4 is 28.3 Å². The highest BCUT2D eigenvalue weighted by Gasteiger charge is 2.74. The van der Waals surface area contributed by atoms with Crippen molar-refractivity contribution in [2.75, 3.05) is 11.9 Å². The number of nitrogens with one attached hydrogen (secondary N) is 1. The molecule has 3 N–H and O–H groups in total. The molecule has 2 amide bonds. The molecule has 6 aliphatic rings. The summed E-state index contributed by atoms with van der Waals surface area (Å²) in [5.74, 6) is 0.154. The quantitative estimate of drug-likeness (QED) is 0.108. The van der Waals surface area contributed by atoms with E-state index in [0.717, 1.165) is 65.1 Å². The van der Waals surface area contributed by atoms with Gasteiger partial charge in [-0.25, -0.2) is 4.79 Å². The summed E-state index contributed by atoms with van der Waals surface area (Å²) in [6.07, 6.45) is 11.7. The number of rotatable bonds is 8. The molecule has 5 aromatic carbocycles. The number of carbonyl (C=O) groups is 2. The van der Waals surface area contributed by atoms with Crippen LogP contribution in [-0.2, 0) is 6.54 Å². The molecule has 0 radical (unpaired) electrons. The van der Waals surface area contributed by atoms with Gasteiger partial charge in [0.2, 0.25) is 0 Å². The van der Waals surface area contributed by atoms with Gasteiger partial charge in [-0.3, -0.25) is 4.79 Å². The van der Waals surface area contributed by atoms with Crippen molar-refractivity contribution in [3.63, 3.8) is 0 Å². The summed E-state index contributed by atoms with van der Waals surface area (Å²) in [5.41, 5.74) is 2.11. The third-order valence-electron chi connectivity index (χ3n) is 16.2. The highest BCUT2D eigenvalue weighted by Crippen LogP contribution is 2.78. The zero-order chi connectivity index (χ0) is 40.6. The Labute approximate surface area is 347 Å². The molecule has 0 heterocycles. The summed E-state index contributed by atoms with van der Waals surface area (Å²) in [6.45, 7) is 5.16. The number of urea groups is 1. The zero-order valence-corrected chi connectivity index (χ0v) is 34.1. The van der Waals surface area contributed by atoms with Crippen LogP contribution in [0.2, 0.25) is 0 Å². The molecule has 1 unspecified atom stereocenters. The number of carbonyl (C=O) groups excluding carboxylic acids is 2. The molecule has 300 valence electrons. The number of anilines is 1. The number of nitrogens with zero attached hydrogens (tertiary/aromatic N) is 1. The zero-order valence-electron chi connectivity index (χ0n) is 34.1. The van der Waals surface area contributed by atoms with Gasteiger partial charge < -0.3 is 20.4 Å². The molecule has 5 aromatic rings. The van der Waals surface area contributed by atoms with E-state index >= 15 is 4.79 Å². The number of benzene rings is 5. The Bertz CT molecular complexity index is 2510. The van der Waals surface area contributed by atoms with Crippen LogP contribution in [0.4, 0.5) is 10.5 Å². The molecule has 2 spiro atoms. The van der Waals surface area contributed by atoms with E-state index in [2.05, 4.69) is 73.8 Å². The molecule has 2 bridgehead atoms. The molecular formula is C53H54N2O4. The van der Waals surface area contributed by atoms with Gasteiger partial charge in [0.25, 0.3) is 0 Å². The van der Waals surface area contributed by atoms with Crippen LogP contribution in [-0.4, -0.2) is 45.2 Å². The Hall–Kier alpha value is -5.30. The van der Waals surface area contributed by atoms with Crippen LogP contribution in [0.15, 0.2) is 151 Å². The van der Waals surface area contributed by atoms with Crippen molar-refractivity contribution in [2.45, 2.75) is 77.0 Å². The van der Waals surface area contributed by atoms with E-state index in [1.807, 2.05) is 95.9 Å². The van der Waals surface area contributed by atoms with Crippen molar-refractivity contribution < 1.29 is 19.8 Å². The fourth-order valence-corrected chi connectivity index (χ4v) is 13.2. The van der Waals surface area contributed by atoms with Crippen LogP contribution in [0.25, 0.3) is 21.9 Å². The lowest BCUT2D eigenvalue weighted by Gasteiger charge is -2.71. The van der Waals surface area contributed by atoms with Crippen molar-refractivity contribution in [3.8, 4) is 11.1 Å². The maximum atomic E-state index is 15.6. The monoisotopic (exact) mass is 782 g/mol. The van der Waals surface area contributed by atoms with Gasteiger partial charge in [0.05, 0.1) is 18.2 Å². The summed E-state index contributed by atoms with van der Waals surface area (Å²) in [7, 11) is 0. The van der Waals surface area contributed by atoms with E-state index in [0.29, 0.717) is 30.6 Å². The van der Waals surface area contributed by atoms with Crippen molar-refractivity contribution in [2.24, 2.45) is 33.5 Å². The van der Waals surface area contributed by atoms with E-state index in [9.17, 15) is 15.0 Å². The van der Waals surface area contributed by atoms with E-state index < -0.39 is 27.9 Å². The Kier molecular flexibility index (Phi) is 8.93. The van der Waals surface area contributed by atoms with Crippen LogP contribution < -0.4 is 5.32 Å². The molecule has 3 fully saturated rings. The minimum absolute atomic E-state index is 0.0415. The maximum absolute atomic E-state index is 15.6. The van der Waals surface area contributed by atoms with Crippen LogP contribution >= 0.6 is 0 Å². The molecule has 0 aliphatic heterocycles. The minimum atomic E-state index is -1.23. The molecular weight excluding hydrogens is 729 g/mol. The highest BCUT2D eigenvalue weighted by molar-refractivity contribution is 6.14. The standard InChI is InChI=1S/C53H54N2O4/c1-49-27-24-40(56)32-51(49)30-31-53(44(33-51)47(57)43-23-12-11-22-42(43)37-14-5-3-6-15-37)45(49)25-28-50(2)46(53)26-29-52(50,59)35-55(48(58)54-39-19-7-4-8-20-39)34-38-18-13-17-36-16-9-10-21-41(36)38/h3-23,30-31,33,40,45-46,56,59H,24-29,32,34-35H2,1-2H3,(H,54,58)/t40?,45-,46-,49-,50+,51+,52-,53-/m1/s1. The molecule has 59 heavy (non-hydrogen) atoms. The lowest BCUT2D eigenvalue weighted by Crippen LogP contribution is -2.67. The van der Waals surface area contributed by atoms with Gasteiger partial charge in [0.1, 0.15) is 0 Å². The summed E-state index contributed by atoms with van der Waals surface area (Å²) in [5, 5.41) is 30.0. The second kappa shape index (κ2) is 13.9. The Morgan fingerprint density at radius 2 is 1.39 bits per heavy atom. The van der Waals surface area contributed by atoms with Gasteiger partial charge >= 0.3 is 6.03 Å². The van der Waals surface area contributed by atoms with Gasteiger partial charge in [-0.15, -0.1) is 0 Å². The summed E-state index contributed by atoms with van der Waals surface area (Å²) in [4.78, 5) is 31.9. The summed E-state index contributed by atoms with van der Waals surface area (Å²) >= 11 is 0. The number of amides is 2. The Balaban J connectivity index is 1.07. The van der Waals surface area contributed by atoms with Crippen molar-refractivity contribution in [1.82, 2.24) is 4.90 Å². The molecule has 0 saturated heterocycles. The average Bonchev–Trinajstić information content (AvgIpc) is 3.53. The Morgan fingerprint density at radius 3 is 2.20 bits per heavy atom. The fraction of sp³-hybridized carbons (Fsp3) is 0.358. The number of Topliss-reactive ketones (excluding diaryl/α,β-unsaturated/α-hetero) is 1. The number of para-hydroxylation sites is 1. The molecule has 6 nitrogen and oxygen atoms in total. The van der Waals surface area contributed by atoms with Crippen LogP contribution in [0.1, 0.15) is 74.7 Å². The fourth-order valence-electron chi connectivity index (χ4n) is 13.2. The number of ketones is 1. The maximum Gasteiger partial charge on any atom is 0.322 e. The first-order valence-electron chi connectivity index (χ1n) is 21.6. The lowest BCUT2D eigenvalue weighted by atomic mass is 9.32. The predicted octanol–water partition coefficient (Wildman–Crippen LogP) is 11.0. The Morgan fingerprint density at radius 1 is 0.729 bits per heavy atom. The third-order valence-corrected chi connectivity index (χ3v) is 16.2. The van der Waals surface area contributed by atoms with Crippen LogP contribution in [0.5, 0.6) is 0 Å². The van der Waals surface area contributed by atoms with E-state index in [-0.39, 0.29) is 35.6 Å². The lowest BCUT2D eigenvalue weighted by molar-refractivity contribution is -0.174. The van der Waals surface area contributed by atoms with Crippen molar-refractivity contribution in [3.05, 3.63) is 162 Å². The number of aliphatic hydroxyl groups is 2. The molecule has 6 aliphatic carbocycles. The number of hydrogen-bond acceptors (Lipinski definition) is 4. The van der Waals surface area contributed by atoms with Gasteiger partial charge in [0.15, 0.2) is 5.78 Å².